The molecule has 0 aliphatic heterocycles. The fourth-order valence-corrected chi connectivity index (χ4v) is 1.58. The van der Waals surface area contributed by atoms with Crippen LogP contribution in [0.15, 0.2) is 0 Å². The molecule has 1 rings (SSSR count). The second-order valence-corrected chi connectivity index (χ2v) is 3.37. The van der Waals surface area contributed by atoms with Crippen LogP contribution in [0.2, 0.25) is 5.31 Å². The quantitative estimate of drug-likeness (QED) is 0.451. The van der Waals surface area contributed by atoms with Crippen molar-refractivity contribution in [1.29, 1.82) is 0 Å². The third-order valence-corrected chi connectivity index (χ3v) is 2.66. The number of rotatable bonds is 1. The highest BCUT2D eigenvalue weighted by Crippen LogP contribution is 2.44. The molecule has 1 saturated carbocycles. The Balaban J connectivity index is 2.40. The Morgan fingerprint density at radius 3 is 2.12 bits per heavy atom. The molecular weight excluding hydrogens is 94.9 g/mol. The van der Waals surface area contributed by atoms with Crippen LogP contribution in [-0.2, 0) is 0 Å². The molecule has 0 spiro atoms. The molecule has 1 aliphatic carbocycles. The lowest BCUT2D eigenvalue weighted by Gasteiger charge is -2.19. The van der Waals surface area contributed by atoms with E-state index < -0.39 is 0 Å². The van der Waals surface area contributed by atoms with Gasteiger partial charge in [-0.25, -0.2) is 0 Å². The Hall–Kier alpha value is 0.0649. The van der Waals surface area contributed by atoms with Gasteiger partial charge in [0.25, 0.3) is 0 Å². The number of hydrogen-bond acceptors (Lipinski definition) is 0. The van der Waals surface area contributed by atoms with E-state index in [-0.39, 0.29) is 0 Å². The smallest absolute Gasteiger partial charge is 0.0655 e. The minimum Gasteiger partial charge on any atom is -0.0655 e. The summed E-state index contributed by atoms with van der Waals surface area (Å²) in [5.41, 5.74) is 0. The summed E-state index contributed by atoms with van der Waals surface area (Å²) in [4.78, 5) is 0. The van der Waals surface area contributed by atoms with Gasteiger partial charge < -0.3 is 0 Å². The van der Waals surface area contributed by atoms with E-state index in [1.165, 1.54) is 32.1 Å². The lowest BCUT2D eigenvalue weighted by molar-refractivity contribution is 0.558. The van der Waals surface area contributed by atoms with Crippen molar-refractivity contribution in [2.45, 2.75) is 44.3 Å². The highest BCUT2D eigenvalue weighted by molar-refractivity contribution is 6.15. The van der Waals surface area contributed by atoms with Crippen LogP contribution in [0.4, 0.5) is 0 Å². The van der Waals surface area contributed by atoms with E-state index in [4.69, 9.17) is 0 Å². The molecule has 0 aromatic heterocycles. The molecule has 0 atom stereocenters. The molecule has 0 aromatic carbocycles. The van der Waals surface area contributed by atoms with E-state index in [9.17, 15) is 0 Å². The maximum atomic E-state index is 2.42. The van der Waals surface area contributed by atoms with E-state index >= 15 is 0 Å². The van der Waals surface area contributed by atoms with Gasteiger partial charge in [0, 0.05) is 0 Å². The van der Waals surface area contributed by atoms with Gasteiger partial charge in [0.1, 0.15) is 7.85 Å². The summed E-state index contributed by atoms with van der Waals surface area (Å²) in [6.07, 6.45) is 7.29. The first kappa shape index (κ1) is 6.19. The monoisotopic (exact) mass is 110 g/mol. The maximum absolute atomic E-state index is 2.42. The maximum Gasteiger partial charge on any atom is 0.109 e. The lowest BCUT2D eigenvalue weighted by atomic mass is 9.66. The number of hydrogen-bond donors (Lipinski definition) is 0. The van der Waals surface area contributed by atoms with Crippen molar-refractivity contribution >= 4 is 7.85 Å². The Morgan fingerprint density at radius 1 is 1.38 bits per heavy atom. The van der Waals surface area contributed by atoms with Gasteiger partial charge >= 0.3 is 0 Å². The first-order chi connectivity index (χ1) is 3.77. The largest absolute Gasteiger partial charge is 0.109 e. The van der Waals surface area contributed by atoms with E-state index in [0.29, 0.717) is 0 Å². The molecular formula is C7H15B. The minimum atomic E-state index is 0.736. The zero-order chi connectivity index (χ0) is 6.04. The zero-order valence-electron chi connectivity index (χ0n) is 6.04. The molecule has 1 fully saturated rings. The van der Waals surface area contributed by atoms with Gasteiger partial charge in [-0.15, -0.1) is 0 Å². The zero-order valence-corrected chi connectivity index (χ0v) is 6.04. The normalized spacial score (nSPS) is 26.1. The molecule has 0 radical (unpaired) electrons. The molecule has 8 heavy (non-hydrogen) atoms. The molecule has 0 amide bonds. The molecule has 0 unspecified atom stereocenters. The summed E-state index contributed by atoms with van der Waals surface area (Å²) in [5.74, 6) is 0. The van der Waals surface area contributed by atoms with Gasteiger partial charge in [-0.05, 0) is 0 Å². The summed E-state index contributed by atoms with van der Waals surface area (Å²) >= 11 is 0. The second kappa shape index (κ2) is 2.12. The fourth-order valence-electron chi connectivity index (χ4n) is 1.58. The Morgan fingerprint density at radius 2 is 1.88 bits per heavy atom. The molecule has 0 aromatic rings. The van der Waals surface area contributed by atoms with E-state index in [1.54, 1.807) is 0 Å². The van der Waals surface area contributed by atoms with Gasteiger partial charge in [0.05, 0.1) is 0 Å². The van der Waals surface area contributed by atoms with Crippen LogP contribution < -0.4 is 0 Å². The highest BCUT2D eigenvalue weighted by Gasteiger charge is 2.25. The molecule has 46 valence electrons. The van der Waals surface area contributed by atoms with Crippen LogP contribution in [0.5, 0.6) is 0 Å². The van der Waals surface area contributed by atoms with Gasteiger partial charge in [-0.2, -0.15) is 0 Å². The minimum absolute atomic E-state index is 0.736. The van der Waals surface area contributed by atoms with Crippen LogP contribution in [-0.4, -0.2) is 7.85 Å². The van der Waals surface area contributed by atoms with Gasteiger partial charge in [0.15, 0.2) is 0 Å². The van der Waals surface area contributed by atoms with Crippen molar-refractivity contribution in [2.24, 2.45) is 0 Å². The average molecular weight is 110 g/mol. The standard InChI is InChI=1S/C7H15B/c1-2-7(8)5-3-4-6-7/h2-6,8H2,1H3. The van der Waals surface area contributed by atoms with Crippen molar-refractivity contribution in [2.75, 3.05) is 0 Å². The molecule has 0 saturated heterocycles. The molecule has 0 heterocycles. The summed E-state index contributed by atoms with van der Waals surface area (Å²) in [5, 5.41) is 0.736. The van der Waals surface area contributed by atoms with Crippen molar-refractivity contribution in [3.63, 3.8) is 0 Å². The first-order valence-electron chi connectivity index (χ1n) is 3.77. The van der Waals surface area contributed by atoms with Gasteiger partial charge in [-0.3, -0.25) is 0 Å². The van der Waals surface area contributed by atoms with E-state index in [2.05, 4.69) is 14.8 Å². The van der Waals surface area contributed by atoms with E-state index in [0.717, 1.165) is 5.31 Å². The van der Waals surface area contributed by atoms with E-state index in [1.807, 2.05) is 0 Å². The third-order valence-electron chi connectivity index (χ3n) is 2.66. The molecule has 0 nitrogen and oxygen atoms in total. The summed E-state index contributed by atoms with van der Waals surface area (Å²) in [6.45, 7) is 2.31. The Labute approximate surface area is 53.1 Å². The Kier molecular flexibility index (Phi) is 1.64. The molecule has 1 aliphatic rings. The average Bonchev–Trinajstić information content (AvgIpc) is 2.17. The molecule has 0 N–H and O–H groups in total. The SMILES string of the molecule is BC1(CC)CCCC1. The Bertz CT molecular complexity index is 72.5. The summed E-state index contributed by atoms with van der Waals surface area (Å²) in [7, 11) is 2.42. The first-order valence-corrected chi connectivity index (χ1v) is 3.77. The van der Waals surface area contributed by atoms with Crippen LogP contribution in [0.1, 0.15) is 39.0 Å². The van der Waals surface area contributed by atoms with Crippen LogP contribution in [0.25, 0.3) is 0 Å². The topological polar surface area (TPSA) is 0 Å². The van der Waals surface area contributed by atoms with Gasteiger partial charge in [-0.1, -0.05) is 44.3 Å². The van der Waals surface area contributed by atoms with Crippen molar-refractivity contribution in [1.82, 2.24) is 0 Å². The van der Waals surface area contributed by atoms with Crippen molar-refractivity contribution < 1.29 is 0 Å². The fraction of sp³-hybridized carbons (Fsp3) is 1.00. The lowest BCUT2D eigenvalue weighted by Crippen LogP contribution is -2.04. The summed E-state index contributed by atoms with van der Waals surface area (Å²) < 4.78 is 0. The predicted octanol–water partition coefficient (Wildman–Crippen LogP) is 1.76. The van der Waals surface area contributed by atoms with Crippen LogP contribution >= 0.6 is 0 Å². The third kappa shape index (κ3) is 1.07. The predicted molar refractivity (Wildman–Crippen MR) is 40.0 cm³/mol. The van der Waals surface area contributed by atoms with Crippen molar-refractivity contribution in [3.8, 4) is 0 Å². The molecule has 1 heteroatoms. The van der Waals surface area contributed by atoms with Crippen LogP contribution in [0, 0.1) is 0 Å². The summed E-state index contributed by atoms with van der Waals surface area (Å²) in [6, 6.07) is 0. The second-order valence-electron chi connectivity index (χ2n) is 3.37. The highest BCUT2D eigenvalue weighted by atomic mass is 14.3. The van der Waals surface area contributed by atoms with Crippen molar-refractivity contribution in [3.05, 3.63) is 0 Å². The van der Waals surface area contributed by atoms with Gasteiger partial charge in [0.2, 0.25) is 0 Å². The molecule has 0 bridgehead atoms. The van der Waals surface area contributed by atoms with Crippen LogP contribution in [0.3, 0.4) is 0 Å².